The molecule has 0 spiro atoms. The Kier molecular flexibility index (Phi) is 4.43. The molecule has 0 N–H and O–H groups in total. The van der Waals surface area contributed by atoms with E-state index in [9.17, 15) is 4.79 Å². The van der Waals surface area contributed by atoms with Gasteiger partial charge in [-0.3, -0.25) is 0 Å². The molecule has 0 aliphatic rings. The van der Waals surface area contributed by atoms with Gasteiger partial charge < -0.3 is 0 Å². The Bertz CT molecular complexity index is 168. The summed E-state index contributed by atoms with van der Waals surface area (Å²) in [5.41, 5.74) is 0.923. The molecule has 0 aromatic rings. The van der Waals surface area contributed by atoms with E-state index in [0.717, 1.165) is 15.8 Å². The maximum absolute atomic E-state index is 10.0. The minimum atomic E-state index is 0.772. The average molecular weight is 291 g/mol. The van der Waals surface area contributed by atoms with Crippen LogP contribution < -0.4 is 0 Å². The van der Waals surface area contributed by atoms with Gasteiger partial charge in [0.1, 0.15) is 0 Å². The van der Waals surface area contributed by atoms with Gasteiger partial charge in [-0.1, -0.05) is 0 Å². The van der Waals surface area contributed by atoms with E-state index in [4.69, 9.17) is 6.58 Å². The molecule has 0 radical (unpaired) electrons. The normalized spacial score (nSPS) is 10.6. The van der Waals surface area contributed by atoms with Crippen LogP contribution in [0.4, 0.5) is 0 Å². The SMILES string of the molecule is [CH-]=C/C(C)=C\[C](=[W])C=O. The maximum atomic E-state index is 10.0. The summed E-state index contributed by atoms with van der Waals surface area (Å²) in [5.74, 6) is 0. The van der Waals surface area contributed by atoms with Gasteiger partial charge in [-0.25, -0.2) is 0 Å². The first kappa shape index (κ1) is 8.71. The van der Waals surface area contributed by atoms with Crippen molar-refractivity contribution in [2.75, 3.05) is 0 Å². The van der Waals surface area contributed by atoms with E-state index < -0.39 is 0 Å². The molecular weight excluding hydrogens is 284 g/mol. The summed E-state index contributed by atoms with van der Waals surface area (Å²) in [6.45, 7) is 7.02. The van der Waals surface area contributed by atoms with Crippen molar-refractivity contribution in [3.05, 3.63) is 24.3 Å². The Labute approximate surface area is 65.9 Å². The van der Waals surface area contributed by atoms with E-state index in [1.54, 1.807) is 6.08 Å². The van der Waals surface area contributed by atoms with Crippen molar-refractivity contribution >= 4 is 10.2 Å². The number of hydrogen-bond acceptors (Lipinski definition) is 1. The first-order valence-electron chi connectivity index (χ1n) is 2.43. The zero-order valence-electron chi connectivity index (χ0n) is 5.13. The molecule has 48 valence electrons. The minimum absolute atomic E-state index is 0.772. The molecule has 0 bridgehead atoms. The van der Waals surface area contributed by atoms with Crippen LogP contribution in [0.2, 0.25) is 0 Å². The van der Waals surface area contributed by atoms with E-state index in [2.05, 4.69) is 0 Å². The van der Waals surface area contributed by atoms with Crippen LogP contribution in [0.1, 0.15) is 6.92 Å². The van der Waals surface area contributed by atoms with Crippen molar-refractivity contribution in [2.24, 2.45) is 0 Å². The van der Waals surface area contributed by atoms with Crippen molar-refractivity contribution in [3.63, 3.8) is 0 Å². The van der Waals surface area contributed by atoms with Gasteiger partial charge in [0.05, 0.1) is 0 Å². The third kappa shape index (κ3) is 4.23. The first-order chi connectivity index (χ1) is 4.20. The predicted molar refractivity (Wildman–Crippen MR) is 33.7 cm³/mol. The van der Waals surface area contributed by atoms with Crippen LogP contribution in [-0.2, 0) is 24.1 Å². The van der Waals surface area contributed by atoms with Crippen LogP contribution in [0.3, 0.4) is 0 Å². The topological polar surface area (TPSA) is 17.1 Å². The van der Waals surface area contributed by atoms with Crippen LogP contribution >= 0.6 is 0 Å². The molecule has 0 fully saturated rings. The average Bonchev–Trinajstić information content (AvgIpc) is 1.87. The molecule has 0 saturated carbocycles. The summed E-state index contributed by atoms with van der Waals surface area (Å²) in [5, 5.41) is 0. The number of allylic oxidation sites excluding steroid dienone is 3. The molecule has 0 unspecified atom stereocenters. The fraction of sp³-hybridized carbons (Fsp3) is 0.143. The summed E-state index contributed by atoms with van der Waals surface area (Å²) in [7, 11) is 0. The van der Waals surface area contributed by atoms with Crippen molar-refractivity contribution < 1.29 is 24.1 Å². The van der Waals surface area contributed by atoms with Gasteiger partial charge in [0.2, 0.25) is 0 Å². The van der Waals surface area contributed by atoms with Gasteiger partial charge in [-0.15, -0.1) is 0 Å². The molecule has 0 heterocycles. The second kappa shape index (κ2) is 4.57. The quantitative estimate of drug-likeness (QED) is 0.428. The fourth-order valence-corrected chi connectivity index (χ4v) is 0.974. The summed E-state index contributed by atoms with van der Waals surface area (Å²) in [6, 6.07) is 0. The molecule has 0 aliphatic carbocycles. The third-order valence-electron chi connectivity index (χ3n) is 0.749. The standard InChI is InChI=1S/C7H7O.W/c1-3-7(2)5-4-6-8;/h1,3,5-6H,2H3;/q-1;/b7-5-;. The number of aldehydes is 1. The number of carbonyl (C=O) groups excluding carboxylic acids is 1. The molecule has 0 rings (SSSR count). The van der Waals surface area contributed by atoms with Gasteiger partial charge in [0.15, 0.2) is 0 Å². The molecular formula is C7H7OW-. The molecule has 0 amide bonds. The molecule has 9 heavy (non-hydrogen) atoms. The summed E-state index contributed by atoms with van der Waals surface area (Å²) < 4.78 is 0.772. The zero-order chi connectivity index (χ0) is 7.28. The molecule has 0 aromatic carbocycles. The van der Waals surface area contributed by atoms with Crippen molar-refractivity contribution in [2.45, 2.75) is 6.92 Å². The molecule has 0 saturated heterocycles. The Hall–Kier alpha value is -0.292. The van der Waals surface area contributed by atoms with Crippen LogP contribution in [0.25, 0.3) is 0 Å². The van der Waals surface area contributed by atoms with Crippen LogP contribution in [0.5, 0.6) is 0 Å². The van der Waals surface area contributed by atoms with Crippen molar-refractivity contribution in [1.82, 2.24) is 0 Å². The monoisotopic (exact) mass is 291 g/mol. The first-order valence-corrected chi connectivity index (χ1v) is 3.89. The van der Waals surface area contributed by atoms with Gasteiger partial charge in [0.25, 0.3) is 0 Å². The Morgan fingerprint density at radius 3 is 2.56 bits per heavy atom. The molecule has 0 atom stereocenters. The zero-order valence-corrected chi connectivity index (χ0v) is 8.06. The van der Waals surface area contributed by atoms with E-state index >= 15 is 0 Å². The molecule has 0 aliphatic heterocycles. The fourth-order valence-electron chi connectivity index (χ4n) is 0.307. The Morgan fingerprint density at radius 2 is 2.22 bits per heavy atom. The van der Waals surface area contributed by atoms with Gasteiger partial charge >= 0.3 is 65.6 Å². The summed E-state index contributed by atoms with van der Waals surface area (Å²) in [4.78, 5) is 10.0. The van der Waals surface area contributed by atoms with Gasteiger partial charge in [0, 0.05) is 0 Å². The van der Waals surface area contributed by atoms with E-state index in [0.29, 0.717) is 0 Å². The van der Waals surface area contributed by atoms with Crippen LogP contribution in [-0.4, -0.2) is 10.2 Å². The van der Waals surface area contributed by atoms with E-state index in [-0.39, 0.29) is 0 Å². The van der Waals surface area contributed by atoms with Gasteiger partial charge in [-0.2, -0.15) is 0 Å². The Balaban J connectivity index is 4.10. The number of carbonyl (C=O) groups is 1. The third-order valence-corrected chi connectivity index (χ3v) is 1.52. The van der Waals surface area contributed by atoms with Crippen molar-refractivity contribution in [3.8, 4) is 0 Å². The van der Waals surface area contributed by atoms with Crippen LogP contribution in [0, 0.1) is 6.58 Å². The molecule has 2 heteroatoms. The van der Waals surface area contributed by atoms with E-state index in [1.807, 2.05) is 6.92 Å². The summed E-state index contributed by atoms with van der Waals surface area (Å²) >= 11 is 1.17. The van der Waals surface area contributed by atoms with Gasteiger partial charge in [-0.05, 0) is 0 Å². The van der Waals surface area contributed by atoms with Crippen molar-refractivity contribution in [1.29, 1.82) is 0 Å². The summed E-state index contributed by atoms with van der Waals surface area (Å²) in [6.07, 6.45) is 4.08. The Morgan fingerprint density at radius 1 is 1.67 bits per heavy atom. The molecule has 1 nitrogen and oxygen atoms in total. The second-order valence-electron chi connectivity index (χ2n) is 1.58. The number of rotatable bonds is 3. The predicted octanol–water partition coefficient (Wildman–Crippen LogP) is 0.840. The molecule has 0 aromatic heterocycles. The number of hydrogen-bond donors (Lipinski definition) is 0. The second-order valence-corrected chi connectivity index (χ2v) is 3.27. The van der Waals surface area contributed by atoms with Crippen LogP contribution in [0.15, 0.2) is 17.7 Å². The van der Waals surface area contributed by atoms with E-state index in [1.165, 1.54) is 25.4 Å².